The summed E-state index contributed by atoms with van der Waals surface area (Å²) in [5, 5.41) is 2.90. The van der Waals surface area contributed by atoms with Crippen LogP contribution in [0, 0.1) is 0 Å². The van der Waals surface area contributed by atoms with Crippen LogP contribution >= 0.6 is 0 Å². The lowest BCUT2D eigenvalue weighted by Gasteiger charge is -2.37. The Labute approximate surface area is 120 Å². The van der Waals surface area contributed by atoms with E-state index in [1.165, 1.54) is 4.90 Å². The van der Waals surface area contributed by atoms with E-state index in [0.717, 1.165) is 25.2 Å². The van der Waals surface area contributed by atoms with E-state index in [2.05, 4.69) is 16.8 Å². The Hall–Kier alpha value is -1.40. The van der Waals surface area contributed by atoms with Crippen LogP contribution in [0.2, 0.25) is 0 Å². The van der Waals surface area contributed by atoms with Crippen LogP contribution in [-0.2, 0) is 4.79 Å². The third kappa shape index (κ3) is 2.86. The fraction of sp³-hybridized carbons (Fsp3) is 0.714. The number of carbonyl (C=O) groups is 2. The quantitative estimate of drug-likeness (QED) is 0.561. The summed E-state index contributed by atoms with van der Waals surface area (Å²) >= 11 is 0. The summed E-state index contributed by atoms with van der Waals surface area (Å²) in [6.45, 7) is 9.29. The highest BCUT2D eigenvalue weighted by atomic mass is 16.2. The van der Waals surface area contributed by atoms with Crippen LogP contribution in [0.25, 0.3) is 0 Å². The van der Waals surface area contributed by atoms with Crippen LogP contribution in [0.3, 0.4) is 0 Å². The first-order chi connectivity index (χ1) is 9.48. The summed E-state index contributed by atoms with van der Waals surface area (Å²) in [7, 11) is 0. The second-order valence-electron chi connectivity index (χ2n) is 5.84. The van der Waals surface area contributed by atoms with Gasteiger partial charge in [-0.3, -0.25) is 14.6 Å². The van der Waals surface area contributed by atoms with Crippen LogP contribution < -0.4 is 11.1 Å². The summed E-state index contributed by atoms with van der Waals surface area (Å²) in [6.07, 6.45) is 1.99. The van der Waals surface area contributed by atoms with E-state index in [9.17, 15) is 9.59 Å². The number of imide groups is 1. The molecule has 0 bridgehead atoms. The van der Waals surface area contributed by atoms with Gasteiger partial charge in [-0.2, -0.15) is 0 Å². The molecule has 3 N–H and O–H groups in total. The van der Waals surface area contributed by atoms with Crippen molar-refractivity contribution >= 4 is 11.9 Å². The number of amides is 3. The number of rotatable bonds is 5. The van der Waals surface area contributed by atoms with Crippen molar-refractivity contribution in [1.82, 2.24) is 15.1 Å². The summed E-state index contributed by atoms with van der Waals surface area (Å²) in [4.78, 5) is 28.0. The van der Waals surface area contributed by atoms with Crippen LogP contribution in [0.5, 0.6) is 0 Å². The molecule has 6 heteroatoms. The molecule has 0 aromatic heterocycles. The van der Waals surface area contributed by atoms with Gasteiger partial charge in [-0.05, 0) is 32.7 Å². The van der Waals surface area contributed by atoms with E-state index in [0.29, 0.717) is 32.4 Å². The van der Waals surface area contributed by atoms with E-state index < -0.39 is 5.54 Å². The maximum absolute atomic E-state index is 12.5. The number of piperidine rings is 1. The van der Waals surface area contributed by atoms with Crippen LogP contribution in [0.1, 0.15) is 26.2 Å². The van der Waals surface area contributed by atoms with Gasteiger partial charge < -0.3 is 11.1 Å². The predicted octanol–water partition coefficient (Wildman–Crippen LogP) is 0.298. The molecular weight excluding hydrogens is 256 g/mol. The van der Waals surface area contributed by atoms with Gasteiger partial charge in [0.15, 0.2) is 0 Å². The zero-order chi connectivity index (χ0) is 14.8. The normalized spacial score (nSPS) is 22.4. The molecule has 0 aliphatic carbocycles. The maximum Gasteiger partial charge on any atom is 0.325 e. The second-order valence-corrected chi connectivity index (χ2v) is 5.84. The minimum atomic E-state index is -0.683. The van der Waals surface area contributed by atoms with E-state index >= 15 is 0 Å². The minimum absolute atomic E-state index is 0.0778. The van der Waals surface area contributed by atoms with Crippen LogP contribution in [0.15, 0.2) is 12.2 Å². The predicted molar refractivity (Wildman–Crippen MR) is 77.1 cm³/mol. The minimum Gasteiger partial charge on any atom is -0.330 e. The number of nitrogens with two attached hydrogens (primary N) is 1. The molecule has 2 saturated heterocycles. The molecule has 0 radical (unpaired) electrons. The Balaban J connectivity index is 1.98. The molecule has 0 aromatic carbocycles. The average Bonchev–Trinajstić information content (AvgIpc) is 2.62. The van der Waals surface area contributed by atoms with Gasteiger partial charge in [-0.25, -0.2) is 4.79 Å². The van der Waals surface area contributed by atoms with Crippen molar-refractivity contribution in [2.24, 2.45) is 5.73 Å². The van der Waals surface area contributed by atoms with Crippen molar-refractivity contribution in [1.29, 1.82) is 0 Å². The first-order valence-electron chi connectivity index (χ1n) is 7.19. The van der Waals surface area contributed by atoms with Crippen molar-refractivity contribution in [2.75, 3.05) is 32.7 Å². The lowest BCUT2D eigenvalue weighted by atomic mass is 9.87. The van der Waals surface area contributed by atoms with E-state index in [1.807, 2.05) is 6.92 Å². The number of carbonyl (C=O) groups excluding carboxylic acids is 2. The molecule has 20 heavy (non-hydrogen) atoms. The highest BCUT2D eigenvalue weighted by Gasteiger charge is 2.51. The van der Waals surface area contributed by atoms with Crippen molar-refractivity contribution in [3.63, 3.8) is 0 Å². The van der Waals surface area contributed by atoms with E-state index in [-0.39, 0.29) is 11.9 Å². The number of nitrogens with zero attached hydrogens (tertiary/aromatic N) is 2. The van der Waals surface area contributed by atoms with Crippen molar-refractivity contribution in [3.05, 3.63) is 12.2 Å². The monoisotopic (exact) mass is 280 g/mol. The van der Waals surface area contributed by atoms with E-state index in [4.69, 9.17) is 5.73 Å². The summed E-state index contributed by atoms with van der Waals surface area (Å²) in [6, 6.07) is -0.267. The first-order valence-corrected chi connectivity index (χ1v) is 7.19. The number of likely N-dealkylation sites (tertiary alicyclic amines) is 1. The van der Waals surface area contributed by atoms with Crippen molar-refractivity contribution in [3.8, 4) is 0 Å². The van der Waals surface area contributed by atoms with Crippen molar-refractivity contribution < 1.29 is 9.59 Å². The number of nitrogens with one attached hydrogen (secondary N) is 1. The second kappa shape index (κ2) is 5.93. The maximum atomic E-state index is 12.5. The molecule has 112 valence electrons. The highest BCUT2D eigenvalue weighted by Crippen LogP contribution is 2.29. The fourth-order valence-corrected chi connectivity index (χ4v) is 2.94. The molecule has 0 unspecified atom stereocenters. The van der Waals surface area contributed by atoms with Gasteiger partial charge in [-0.1, -0.05) is 12.2 Å². The third-order valence-electron chi connectivity index (χ3n) is 4.03. The summed E-state index contributed by atoms with van der Waals surface area (Å²) in [5.74, 6) is -0.0778. The molecule has 2 heterocycles. The molecule has 3 amide bonds. The van der Waals surface area contributed by atoms with Crippen LogP contribution in [-0.4, -0.2) is 60.0 Å². The van der Waals surface area contributed by atoms with Gasteiger partial charge in [0.2, 0.25) is 0 Å². The molecule has 1 spiro atoms. The summed E-state index contributed by atoms with van der Waals surface area (Å²) in [5.41, 5.74) is 5.88. The molecule has 2 aliphatic rings. The first kappa shape index (κ1) is 15.0. The Bertz CT molecular complexity index is 413. The highest BCUT2D eigenvalue weighted by molar-refractivity contribution is 6.07. The van der Waals surface area contributed by atoms with E-state index in [1.54, 1.807) is 0 Å². The average molecular weight is 280 g/mol. The van der Waals surface area contributed by atoms with Crippen LogP contribution in [0.4, 0.5) is 4.79 Å². The molecule has 6 nitrogen and oxygen atoms in total. The lowest BCUT2D eigenvalue weighted by Crippen LogP contribution is -2.55. The molecule has 2 rings (SSSR count). The molecule has 0 atom stereocenters. The molecule has 2 aliphatic heterocycles. The van der Waals surface area contributed by atoms with Gasteiger partial charge in [0.1, 0.15) is 5.54 Å². The Morgan fingerprint density at radius 1 is 1.40 bits per heavy atom. The number of urea groups is 1. The lowest BCUT2D eigenvalue weighted by molar-refractivity contribution is -0.132. The van der Waals surface area contributed by atoms with Gasteiger partial charge >= 0.3 is 6.03 Å². The largest absolute Gasteiger partial charge is 0.330 e. The SMILES string of the molecule is C=C(C)CN1CCC2(CC1)NC(=O)N(CCCN)C2=O. The molecular formula is C14H24N4O2. The fourth-order valence-electron chi connectivity index (χ4n) is 2.94. The summed E-state index contributed by atoms with van der Waals surface area (Å²) < 4.78 is 0. The zero-order valence-electron chi connectivity index (χ0n) is 12.2. The van der Waals surface area contributed by atoms with Gasteiger partial charge in [0.05, 0.1) is 0 Å². The Morgan fingerprint density at radius 3 is 2.60 bits per heavy atom. The topological polar surface area (TPSA) is 78.7 Å². The van der Waals surface area contributed by atoms with Gasteiger partial charge in [0, 0.05) is 26.2 Å². The molecule has 0 aromatic rings. The molecule has 0 saturated carbocycles. The number of hydrogen-bond acceptors (Lipinski definition) is 4. The third-order valence-corrected chi connectivity index (χ3v) is 4.03. The Kier molecular flexibility index (Phi) is 4.45. The standard InChI is InChI=1S/C14H24N4O2/c1-11(2)10-17-8-4-14(5-9-17)12(19)18(7-3-6-15)13(20)16-14/h1,3-10,15H2,2H3,(H,16,20). The Morgan fingerprint density at radius 2 is 2.05 bits per heavy atom. The number of hydrogen-bond donors (Lipinski definition) is 2. The molecule has 2 fully saturated rings. The van der Waals surface area contributed by atoms with Gasteiger partial charge in [0.25, 0.3) is 5.91 Å². The van der Waals surface area contributed by atoms with Crippen molar-refractivity contribution in [2.45, 2.75) is 31.7 Å². The zero-order valence-corrected chi connectivity index (χ0v) is 12.2. The smallest absolute Gasteiger partial charge is 0.325 e. The van der Waals surface area contributed by atoms with Gasteiger partial charge in [-0.15, -0.1) is 0 Å².